The van der Waals surface area contributed by atoms with Crippen LogP contribution in [0.3, 0.4) is 0 Å². The molecule has 4 rings (SSSR count). The molecular formula is C26H29N5O5. The quantitative estimate of drug-likeness (QED) is 0.349. The number of nitrogens with one attached hydrogen (secondary N) is 2. The number of benzene rings is 2. The number of amides is 3. The molecule has 0 saturated heterocycles. The smallest absolute Gasteiger partial charge is 0.407 e. The van der Waals surface area contributed by atoms with Crippen molar-refractivity contribution >= 4 is 17.9 Å². The first kappa shape index (κ1) is 24.9. The van der Waals surface area contributed by atoms with E-state index in [0.717, 1.165) is 11.1 Å². The molecule has 4 N–H and O–H groups in total. The zero-order valence-electron chi connectivity index (χ0n) is 20.0. The maximum atomic E-state index is 12.3. The summed E-state index contributed by atoms with van der Waals surface area (Å²) in [6, 6.07) is 15.9. The van der Waals surface area contributed by atoms with Crippen LogP contribution >= 0.6 is 0 Å². The summed E-state index contributed by atoms with van der Waals surface area (Å²) in [5.41, 5.74) is 9.83. The Morgan fingerprint density at radius 3 is 2.33 bits per heavy atom. The van der Waals surface area contributed by atoms with Gasteiger partial charge < -0.3 is 25.5 Å². The third-order valence-electron chi connectivity index (χ3n) is 6.02. The summed E-state index contributed by atoms with van der Waals surface area (Å²) >= 11 is 0. The van der Waals surface area contributed by atoms with Crippen LogP contribution in [-0.4, -0.2) is 41.3 Å². The lowest BCUT2D eigenvalue weighted by Gasteiger charge is -2.15. The summed E-state index contributed by atoms with van der Waals surface area (Å²) in [7, 11) is 0. The fourth-order valence-corrected chi connectivity index (χ4v) is 4.44. The van der Waals surface area contributed by atoms with Crippen molar-refractivity contribution in [3.05, 3.63) is 71.4 Å². The molecule has 1 atom stereocenters. The monoisotopic (exact) mass is 491 g/mol. The summed E-state index contributed by atoms with van der Waals surface area (Å²) in [4.78, 5) is 34.9. The highest BCUT2D eigenvalue weighted by atomic mass is 16.5. The zero-order valence-corrected chi connectivity index (χ0v) is 20.0. The second-order valence-corrected chi connectivity index (χ2v) is 8.68. The van der Waals surface area contributed by atoms with Gasteiger partial charge in [0.15, 0.2) is 0 Å². The third kappa shape index (κ3) is 6.07. The molecule has 3 amide bonds. The maximum Gasteiger partial charge on any atom is 0.407 e. The summed E-state index contributed by atoms with van der Waals surface area (Å²) in [6.45, 7) is 2.07. The molecule has 10 heteroatoms. The molecule has 0 unspecified atom stereocenters. The molecule has 0 spiro atoms. The van der Waals surface area contributed by atoms with Gasteiger partial charge in [0.05, 0.1) is 0 Å². The lowest BCUT2D eigenvalue weighted by molar-refractivity contribution is -0.120. The van der Waals surface area contributed by atoms with Gasteiger partial charge in [0, 0.05) is 19.4 Å². The van der Waals surface area contributed by atoms with Gasteiger partial charge in [-0.1, -0.05) is 48.5 Å². The fraction of sp³-hybridized carbons (Fsp3) is 0.346. The standard InChI is InChI=1S/C26H29N5O5/c1-16(32)29-22(25-31-30-24(36-25)14-23(27)33)12-6-7-13-28-26(34)35-15-21-19-10-4-2-8-17(19)18-9-3-5-11-20(18)21/h2-5,8-11,21-22H,6-7,12-15H2,1H3,(H2,27,33)(H,28,34)(H,29,32)/t22-/m0/s1. The first-order valence-corrected chi connectivity index (χ1v) is 11.9. The largest absolute Gasteiger partial charge is 0.449 e. The maximum absolute atomic E-state index is 12.3. The van der Waals surface area contributed by atoms with Crippen LogP contribution in [-0.2, 0) is 20.7 Å². The number of rotatable bonds is 11. The van der Waals surface area contributed by atoms with Crippen molar-refractivity contribution in [2.24, 2.45) is 5.73 Å². The molecule has 36 heavy (non-hydrogen) atoms. The Bertz CT molecular complexity index is 1200. The van der Waals surface area contributed by atoms with E-state index in [9.17, 15) is 14.4 Å². The van der Waals surface area contributed by atoms with E-state index in [1.54, 1.807) is 0 Å². The van der Waals surface area contributed by atoms with Crippen LogP contribution in [0.4, 0.5) is 4.79 Å². The molecule has 0 aliphatic heterocycles. The molecular weight excluding hydrogens is 462 g/mol. The van der Waals surface area contributed by atoms with Gasteiger partial charge >= 0.3 is 6.09 Å². The molecule has 1 heterocycles. The van der Waals surface area contributed by atoms with Gasteiger partial charge in [-0.15, -0.1) is 10.2 Å². The highest BCUT2D eigenvalue weighted by Crippen LogP contribution is 2.44. The van der Waals surface area contributed by atoms with Crippen molar-refractivity contribution in [3.8, 4) is 11.1 Å². The number of hydrogen-bond acceptors (Lipinski definition) is 7. The van der Waals surface area contributed by atoms with Crippen LogP contribution < -0.4 is 16.4 Å². The van der Waals surface area contributed by atoms with Gasteiger partial charge in [-0.25, -0.2) is 4.79 Å². The number of fused-ring (bicyclic) bond motifs is 3. The van der Waals surface area contributed by atoms with Crippen molar-refractivity contribution < 1.29 is 23.5 Å². The third-order valence-corrected chi connectivity index (χ3v) is 6.02. The lowest BCUT2D eigenvalue weighted by atomic mass is 9.98. The molecule has 1 aromatic heterocycles. The van der Waals surface area contributed by atoms with E-state index in [-0.39, 0.29) is 36.6 Å². The molecule has 0 bridgehead atoms. The van der Waals surface area contributed by atoms with Gasteiger partial charge in [-0.2, -0.15) is 0 Å². The van der Waals surface area contributed by atoms with Crippen LogP contribution in [0.2, 0.25) is 0 Å². The number of nitrogens with zero attached hydrogens (tertiary/aromatic N) is 2. The van der Waals surface area contributed by atoms with Gasteiger partial charge in [-0.05, 0) is 41.5 Å². The number of hydrogen-bond donors (Lipinski definition) is 3. The number of carbonyl (C=O) groups is 3. The Kier molecular flexibility index (Phi) is 7.94. The number of aromatic nitrogens is 2. The van der Waals surface area contributed by atoms with Crippen LogP contribution in [0.15, 0.2) is 52.9 Å². The summed E-state index contributed by atoms with van der Waals surface area (Å²) < 4.78 is 11.0. The Morgan fingerprint density at radius 2 is 1.69 bits per heavy atom. The van der Waals surface area contributed by atoms with Crippen molar-refractivity contribution in [1.29, 1.82) is 0 Å². The SMILES string of the molecule is CC(=O)N[C@@H](CCCCNC(=O)OCC1c2ccccc2-c2ccccc21)c1nnc(CC(N)=O)o1. The van der Waals surface area contributed by atoms with E-state index in [4.69, 9.17) is 14.9 Å². The molecule has 1 aliphatic rings. The van der Waals surface area contributed by atoms with Crippen molar-refractivity contribution in [2.45, 2.75) is 44.6 Å². The minimum atomic E-state index is -0.583. The molecule has 1 aliphatic carbocycles. The van der Waals surface area contributed by atoms with Crippen LogP contribution in [0.25, 0.3) is 11.1 Å². The van der Waals surface area contributed by atoms with Gasteiger partial charge in [0.25, 0.3) is 0 Å². The number of alkyl carbamates (subject to hydrolysis) is 1. The normalized spacial score (nSPS) is 12.9. The minimum Gasteiger partial charge on any atom is -0.449 e. The minimum absolute atomic E-state index is 0.00965. The average molecular weight is 492 g/mol. The fourth-order valence-electron chi connectivity index (χ4n) is 4.44. The van der Waals surface area contributed by atoms with Gasteiger partial charge in [-0.3, -0.25) is 9.59 Å². The Labute approximate surface area is 208 Å². The van der Waals surface area contributed by atoms with Crippen molar-refractivity contribution in [3.63, 3.8) is 0 Å². The van der Waals surface area contributed by atoms with E-state index in [1.807, 2.05) is 24.3 Å². The molecule has 0 fully saturated rings. The molecule has 0 saturated carbocycles. The number of unbranched alkanes of at least 4 members (excludes halogenated alkanes) is 1. The highest BCUT2D eigenvalue weighted by molar-refractivity contribution is 5.79. The Hall–Kier alpha value is -4.21. The Balaban J connectivity index is 1.22. The first-order valence-electron chi connectivity index (χ1n) is 11.9. The summed E-state index contributed by atoms with van der Waals surface area (Å²) in [5, 5.41) is 13.3. The zero-order chi connectivity index (χ0) is 25.5. The van der Waals surface area contributed by atoms with E-state index < -0.39 is 18.0 Å². The van der Waals surface area contributed by atoms with Crippen LogP contribution in [0.1, 0.15) is 61.1 Å². The summed E-state index contributed by atoms with van der Waals surface area (Å²) in [5.74, 6) is -0.502. The van der Waals surface area contributed by atoms with E-state index in [1.165, 1.54) is 18.1 Å². The van der Waals surface area contributed by atoms with E-state index in [0.29, 0.717) is 25.8 Å². The molecule has 2 aromatic carbocycles. The van der Waals surface area contributed by atoms with Crippen LogP contribution in [0.5, 0.6) is 0 Å². The molecule has 10 nitrogen and oxygen atoms in total. The first-order chi connectivity index (χ1) is 17.4. The van der Waals surface area contributed by atoms with Crippen molar-refractivity contribution in [2.75, 3.05) is 13.2 Å². The van der Waals surface area contributed by atoms with E-state index >= 15 is 0 Å². The molecule has 3 aromatic rings. The van der Waals surface area contributed by atoms with Gasteiger partial charge in [0.1, 0.15) is 19.1 Å². The van der Waals surface area contributed by atoms with Crippen LogP contribution in [0, 0.1) is 0 Å². The number of nitrogens with two attached hydrogens (primary N) is 1. The molecule has 188 valence electrons. The number of primary amides is 1. The molecule has 0 radical (unpaired) electrons. The highest BCUT2D eigenvalue weighted by Gasteiger charge is 2.29. The second kappa shape index (κ2) is 11.5. The topological polar surface area (TPSA) is 149 Å². The van der Waals surface area contributed by atoms with Crippen molar-refractivity contribution in [1.82, 2.24) is 20.8 Å². The van der Waals surface area contributed by atoms with Gasteiger partial charge in [0.2, 0.25) is 23.6 Å². The summed E-state index contributed by atoms with van der Waals surface area (Å²) in [6.07, 6.45) is 1.21. The average Bonchev–Trinajstić information content (AvgIpc) is 3.44. The number of carbonyl (C=O) groups excluding carboxylic acids is 3. The number of ether oxygens (including phenoxy) is 1. The lowest BCUT2D eigenvalue weighted by Crippen LogP contribution is -2.28. The predicted molar refractivity (Wildman–Crippen MR) is 131 cm³/mol. The second-order valence-electron chi connectivity index (χ2n) is 8.68. The predicted octanol–water partition coefficient (Wildman–Crippen LogP) is 2.98. The Morgan fingerprint density at radius 1 is 1.03 bits per heavy atom. The van der Waals surface area contributed by atoms with E-state index in [2.05, 4.69) is 45.1 Å².